The molecule has 1 aromatic rings. The van der Waals surface area contributed by atoms with Gasteiger partial charge in [0.05, 0.1) is 16.8 Å². The molecule has 0 aliphatic carbocycles. The quantitative estimate of drug-likeness (QED) is 0.747. The third kappa shape index (κ3) is 4.71. The predicted molar refractivity (Wildman–Crippen MR) is 106 cm³/mol. The molecule has 0 atom stereocenters. The number of carboxylic acids is 1. The molecule has 1 fully saturated rings. The van der Waals surface area contributed by atoms with E-state index in [1.165, 1.54) is 13.0 Å². The van der Waals surface area contributed by atoms with Crippen LogP contribution < -0.4 is 0 Å². The van der Waals surface area contributed by atoms with Crippen LogP contribution in [0, 0.1) is 0 Å². The van der Waals surface area contributed by atoms with Gasteiger partial charge in [-0.1, -0.05) is 35.5 Å². The number of carboxylic acid groups (broad SMARTS) is 1. The third-order valence-corrected chi connectivity index (χ3v) is 5.70. The lowest BCUT2D eigenvalue weighted by Gasteiger charge is -2.32. The molecule has 1 aliphatic heterocycles. The van der Waals surface area contributed by atoms with Crippen LogP contribution in [0.5, 0.6) is 0 Å². The standard InChI is InChI=1S/C18H22BClO5S/c1-11(21)26-10-13(19-24-17(2,3)18(4,5)25-19)8-12-6-7-14(20)9-15(12)16(22)23/h6-9H,10H2,1-5H3,(H,22,23). The van der Waals surface area contributed by atoms with Crippen molar-refractivity contribution >= 4 is 47.6 Å². The molecule has 0 radical (unpaired) electrons. The van der Waals surface area contributed by atoms with Gasteiger partial charge in [0.1, 0.15) is 0 Å². The highest BCUT2D eigenvalue weighted by Crippen LogP contribution is 2.39. The molecule has 1 aliphatic rings. The van der Waals surface area contributed by atoms with Gasteiger partial charge >= 0.3 is 13.1 Å². The number of rotatable bonds is 5. The van der Waals surface area contributed by atoms with Crippen molar-refractivity contribution in [3.8, 4) is 0 Å². The topological polar surface area (TPSA) is 72.8 Å². The van der Waals surface area contributed by atoms with Gasteiger partial charge < -0.3 is 14.4 Å². The monoisotopic (exact) mass is 396 g/mol. The Bertz CT molecular complexity index is 744. The average Bonchev–Trinajstić information content (AvgIpc) is 2.72. The summed E-state index contributed by atoms with van der Waals surface area (Å²) < 4.78 is 12.1. The first-order valence-corrected chi connectivity index (χ1v) is 9.51. The Labute approximate surface area is 163 Å². The Morgan fingerprint density at radius 2 is 1.81 bits per heavy atom. The van der Waals surface area contributed by atoms with Crippen molar-refractivity contribution in [2.24, 2.45) is 0 Å². The normalized spacial score (nSPS) is 18.8. The van der Waals surface area contributed by atoms with E-state index in [-0.39, 0.29) is 10.7 Å². The molecule has 8 heteroatoms. The lowest BCUT2D eigenvalue weighted by Crippen LogP contribution is -2.41. The van der Waals surface area contributed by atoms with Crippen LogP contribution >= 0.6 is 23.4 Å². The number of benzene rings is 1. The summed E-state index contributed by atoms with van der Waals surface area (Å²) in [5.41, 5.74) is 0.185. The second-order valence-corrected chi connectivity index (χ2v) is 8.71. The molecule has 140 valence electrons. The first-order chi connectivity index (χ1) is 11.9. The van der Waals surface area contributed by atoms with Gasteiger partial charge in [-0.3, -0.25) is 4.79 Å². The van der Waals surface area contributed by atoms with Crippen LogP contribution in [0.1, 0.15) is 50.5 Å². The van der Waals surface area contributed by atoms with E-state index in [9.17, 15) is 14.7 Å². The van der Waals surface area contributed by atoms with E-state index in [1.807, 2.05) is 27.7 Å². The van der Waals surface area contributed by atoms with Crippen LogP contribution in [0.4, 0.5) is 0 Å². The molecule has 0 saturated carbocycles. The number of carbonyl (C=O) groups excluding carboxylic acids is 1. The van der Waals surface area contributed by atoms with Gasteiger partial charge in [0.25, 0.3) is 0 Å². The fourth-order valence-electron chi connectivity index (χ4n) is 2.40. The fourth-order valence-corrected chi connectivity index (χ4v) is 3.16. The number of hydrogen-bond donors (Lipinski definition) is 1. The van der Waals surface area contributed by atoms with Crippen molar-refractivity contribution in [2.45, 2.75) is 45.8 Å². The van der Waals surface area contributed by atoms with Crippen molar-refractivity contribution in [3.63, 3.8) is 0 Å². The third-order valence-electron chi connectivity index (χ3n) is 4.58. The minimum Gasteiger partial charge on any atom is -0.478 e. The van der Waals surface area contributed by atoms with Gasteiger partial charge in [0.15, 0.2) is 5.12 Å². The Hall–Kier alpha value is -1.28. The van der Waals surface area contributed by atoms with Crippen LogP contribution in [-0.2, 0) is 14.1 Å². The van der Waals surface area contributed by atoms with Crippen LogP contribution in [0.2, 0.25) is 5.02 Å². The summed E-state index contributed by atoms with van der Waals surface area (Å²) in [7, 11) is -0.663. The molecule has 0 spiro atoms. The zero-order valence-electron chi connectivity index (χ0n) is 15.5. The maximum atomic E-state index is 11.5. The molecule has 0 bridgehead atoms. The van der Waals surface area contributed by atoms with Crippen molar-refractivity contribution < 1.29 is 24.0 Å². The summed E-state index contributed by atoms with van der Waals surface area (Å²) in [6.45, 7) is 9.24. The molecule has 26 heavy (non-hydrogen) atoms. The second kappa shape index (κ2) is 7.76. The highest BCUT2D eigenvalue weighted by atomic mass is 35.5. The molecule has 0 unspecified atom stereocenters. The Morgan fingerprint density at radius 1 is 1.23 bits per heavy atom. The molecule has 0 amide bonds. The largest absolute Gasteiger partial charge is 0.491 e. The lowest BCUT2D eigenvalue weighted by molar-refractivity contribution is -0.109. The first-order valence-electron chi connectivity index (χ1n) is 8.15. The van der Waals surface area contributed by atoms with Gasteiger partial charge in [0, 0.05) is 17.7 Å². The number of thioether (sulfide) groups is 1. The lowest BCUT2D eigenvalue weighted by atomic mass is 9.78. The van der Waals surface area contributed by atoms with Gasteiger partial charge in [0.2, 0.25) is 0 Å². The summed E-state index contributed by atoms with van der Waals surface area (Å²) in [6, 6.07) is 4.66. The Balaban J connectivity index is 2.45. The van der Waals surface area contributed by atoms with E-state index < -0.39 is 24.3 Å². The zero-order valence-corrected chi connectivity index (χ0v) is 17.0. The summed E-state index contributed by atoms with van der Waals surface area (Å²) >= 11 is 7.04. The summed E-state index contributed by atoms with van der Waals surface area (Å²) in [6.07, 6.45) is 1.71. The van der Waals surface area contributed by atoms with Crippen molar-refractivity contribution in [1.82, 2.24) is 0 Å². The van der Waals surface area contributed by atoms with Crippen LogP contribution in [-0.4, -0.2) is 40.3 Å². The molecule has 1 N–H and O–H groups in total. The molecule has 5 nitrogen and oxygen atoms in total. The molecular weight excluding hydrogens is 375 g/mol. The van der Waals surface area contributed by atoms with E-state index in [4.69, 9.17) is 20.9 Å². The van der Waals surface area contributed by atoms with E-state index in [0.717, 1.165) is 11.8 Å². The molecular formula is C18H22BClO5S. The van der Waals surface area contributed by atoms with Crippen molar-refractivity contribution in [3.05, 3.63) is 39.8 Å². The molecule has 0 aromatic heterocycles. The number of hydrogen-bond acceptors (Lipinski definition) is 5. The van der Waals surface area contributed by atoms with Gasteiger partial charge in [-0.25, -0.2) is 4.79 Å². The minimum atomic E-state index is -1.08. The van der Waals surface area contributed by atoms with E-state index in [2.05, 4.69) is 0 Å². The van der Waals surface area contributed by atoms with Crippen molar-refractivity contribution in [1.29, 1.82) is 0 Å². The zero-order chi connectivity index (χ0) is 19.7. The summed E-state index contributed by atoms with van der Waals surface area (Å²) in [5.74, 6) is -0.736. The first kappa shape index (κ1) is 21.0. The number of halogens is 1. The number of aromatic carboxylic acids is 1. The van der Waals surface area contributed by atoms with Crippen LogP contribution in [0.25, 0.3) is 6.08 Å². The van der Waals surface area contributed by atoms with Gasteiger partial charge in [-0.15, -0.1) is 0 Å². The minimum absolute atomic E-state index is 0.0398. The van der Waals surface area contributed by atoms with Crippen molar-refractivity contribution in [2.75, 3.05) is 5.75 Å². The maximum Gasteiger partial charge on any atom is 0.491 e. The molecule has 1 saturated heterocycles. The van der Waals surface area contributed by atoms with Gasteiger partial charge in [-0.05, 0) is 50.9 Å². The smallest absolute Gasteiger partial charge is 0.478 e. The molecule has 2 rings (SSSR count). The average molecular weight is 397 g/mol. The summed E-state index contributed by atoms with van der Waals surface area (Å²) in [5, 5.41) is 9.75. The fraction of sp³-hybridized carbons (Fsp3) is 0.444. The van der Waals surface area contributed by atoms with Gasteiger partial charge in [-0.2, -0.15) is 0 Å². The molecule has 1 aromatic carbocycles. The van der Waals surface area contributed by atoms with E-state index >= 15 is 0 Å². The van der Waals surface area contributed by atoms with Crippen LogP contribution in [0.3, 0.4) is 0 Å². The SMILES string of the molecule is CC(=O)SCC(=Cc1ccc(Cl)cc1C(=O)O)B1OC(C)(C)C(C)(C)O1. The molecule has 1 heterocycles. The predicted octanol–water partition coefficient (Wildman–Crippen LogP) is 4.33. The van der Waals surface area contributed by atoms with Crippen LogP contribution in [0.15, 0.2) is 23.7 Å². The highest BCUT2D eigenvalue weighted by molar-refractivity contribution is 8.13. The van der Waals surface area contributed by atoms with E-state index in [0.29, 0.717) is 21.8 Å². The Morgan fingerprint density at radius 3 is 2.31 bits per heavy atom. The Kier molecular flexibility index (Phi) is 6.28. The second-order valence-electron chi connectivity index (χ2n) is 7.12. The maximum absolute atomic E-state index is 11.5. The number of carbonyl (C=O) groups is 2. The summed E-state index contributed by atoms with van der Waals surface area (Å²) in [4.78, 5) is 23.0. The van der Waals surface area contributed by atoms with E-state index in [1.54, 1.807) is 18.2 Å². The highest BCUT2D eigenvalue weighted by Gasteiger charge is 2.52.